The van der Waals surface area contributed by atoms with Crippen LogP contribution >= 0.6 is 0 Å². The van der Waals surface area contributed by atoms with Crippen LogP contribution in [0, 0.1) is 6.92 Å². The Morgan fingerprint density at radius 3 is 2.48 bits per heavy atom. The number of sulfonamides is 1. The fourth-order valence-corrected chi connectivity index (χ4v) is 4.63. The standard InChI is InChI=1S/C18H28N4O2S/c1-6-17-15(13-21(5)20-17)12-19-16-10-9-14(4)18(11-16)25(23,24)22(7-2)8-3/h9-11,13,19H,6-8,12H2,1-5H3. The van der Waals surface area contributed by atoms with Crippen molar-refractivity contribution < 1.29 is 8.42 Å². The van der Waals surface area contributed by atoms with Crippen LogP contribution in [0.1, 0.15) is 37.6 Å². The summed E-state index contributed by atoms with van der Waals surface area (Å²) in [5, 5.41) is 7.76. The first kappa shape index (κ1) is 19.5. The molecule has 0 saturated heterocycles. The molecule has 1 N–H and O–H groups in total. The fraction of sp³-hybridized carbons (Fsp3) is 0.500. The summed E-state index contributed by atoms with van der Waals surface area (Å²) in [5.41, 5.74) is 3.73. The van der Waals surface area contributed by atoms with Crippen molar-refractivity contribution in [2.75, 3.05) is 18.4 Å². The summed E-state index contributed by atoms with van der Waals surface area (Å²) in [6.07, 6.45) is 2.86. The van der Waals surface area contributed by atoms with Crippen molar-refractivity contribution in [3.63, 3.8) is 0 Å². The Labute approximate surface area is 150 Å². The number of benzene rings is 1. The van der Waals surface area contributed by atoms with E-state index in [1.165, 1.54) is 4.31 Å². The second kappa shape index (κ2) is 8.01. The van der Waals surface area contributed by atoms with Gasteiger partial charge < -0.3 is 5.32 Å². The van der Waals surface area contributed by atoms with Gasteiger partial charge in [0.15, 0.2) is 0 Å². The van der Waals surface area contributed by atoms with Crippen LogP contribution in [0.25, 0.3) is 0 Å². The summed E-state index contributed by atoms with van der Waals surface area (Å²) >= 11 is 0. The van der Waals surface area contributed by atoms with Crippen LogP contribution in [-0.4, -0.2) is 35.6 Å². The Hall–Kier alpha value is -1.86. The van der Waals surface area contributed by atoms with E-state index in [0.717, 1.165) is 28.9 Å². The highest BCUT2D eigenvalue weighted by Crippen LogP contribution is 2.24. The molecule has 1 heterocycles. The minimum atomic E-state index is -3.47. The highest BCUT2D eigenvalue weighted by atomic mass is 32.2. The molecule has 6 nitrogen and oxygen atoms in total. The van der Waals surface area contributed by atoms with Crippen molar-refractivity contribution in [2.45, 2.75) is 45.6 Å². The third kappa shape index (κ3) is 4.22. The van der Waals surface area contributed by atoms with Gasteiger partial charge in [-0.05, 0) is 31.0 Å². The molecule has 0 radical (unpaired) electrons. The highest BCUT2D eigenvalue weighted by molar-refractivity contribution is 7.89. The van der Waals surface area contributed by atoms with Crippen LogP contribution in [0.3, 0.4) is 0 Å². The molecular weight excluding hydrogens is 336 g/mol. The lowest BCUT2D eigenvalue weighted by atomic mass is 10.2. The molecule has 0 bridgehead atoms. The van der Waals surface area contributed by atoms with E-state index in [-0.39, 0.29) is 0 Å². The Morgan fingerprint density at radius 1 is 1.20 bits per heavy atom. The van der Waals surface area contributed by atoms with Gasteiger partial charge in [0.2, 0.25) is 10.0 Å². The average molecular weight is 365 g/mol. The van der Waals surface area contributed by atoms with Crippen LogP contribution in [0.4, 0.5) is 5.69 Å². The second-order valence-electron chi connectivity index (χ2n) is 6.05. The Morgan fingerprint density at radius 2 is 1.88 bits per heavy atom. The van der Waals surface area contributed by atoms with Crippen molar-refractivity contribution in [1.29, 1.82) is 0 Å². The number of rotatable bonds is 8. The molecule has 0 aliphatic carbocycles. The Balaban J connectivity index is 2.27. The Bertz CT molecular complexity index is 824. The number of aromatic nitrogens is 2. The minimum Gasteiger partial charge on any atom is -0.381 e. The summed E-state index contributed by atoms with van der Waals surface area (Å²) in [5.74, 6) is 0. The van der Waals surface area contributed by atoms with Gasteiger partial charge in [-0.1, -0.05) is 26.8 Å². The van der Waals surface area contributed by atoms with Crippen molar-refractivity contribution >= 4 is 15.7 Å². The van der Waals surface area contributed by atoms with Gasteiger partial charge in [-0.2, -0.15) is 9.40 Å². The van der Waals surface area contributed by atoms with Gasteiger partial charge in [-0.25, -0.2) is 8.42 Å². The molecule has 0 spiro atoms. The van der Waals surface area contributed by atoms with E-state index in [4.69, 9.17) is 0 Å². The maximum atomic E-state index is 12.8. The SMILES string of the molecule is CCc1nn(C)cc1CNc1ccc(C)c(S(=O)(=O)N(CC)CC)c1. The van der Waals surface area contributed by atoms with Crippen molar-refractivity contribution in [2.24, 2.45) is 7.05 Å². The predicted molar refractivity (Wildman–Crippen MR) is 101 cm³/mol. The number of hydrogen-bond acceptors (Lipinski definition) is 4. The van der Waals surface area contributed by atoms with Gasteiger partial charge in [-0.3, -0.25) is 4.68 Å². The maximum absolute atomic E-state index is 12.8. The predicted octanol–water partition coefficient (Wildman–Crippen LogP) is 2.93. The van der Waals surface area contributed by atoms with Gasteiger partial charge in [0.1, 0.15) is 0 Å². The van der Waals surface area contributed by atoms with Gasteiger partial charge in [0, 0.05) is 44.1 Å². The van der Waals surface area contributed by atoms with E-state index in [1.807, 2.05) is 46.1 Å². The van der Waals surface area contributed by atoms with Crippen LogP contribution < -0.4 is 5.32 Å². The van der Waals surface area contributed by atoms with E-state index < -0.39 is 10.0 Å². The van der Waals surface area contributed by atoms with Crippen LogP contribution in [-0.2, 0) is 30.0 Å². The molecule has 1 aromatic carbocycles. The van der Waals surface area contributed by atoms with Crippen molar-refractivity contribution in [1.82, 2.24) is 14.1 Å². The minimum absolute atomic E-state index is 0.364. The monoisotopic (exact) mass is 364 g/mol. The lowest BCUT2D eigenvalue weighted by Gasteiger charge is -2.20. The topological polar surface area (TPSA) is 67.2 Å². The summed E-state index contributed by atoms with van der Waals surface area (Å²) in [6.45, 7) is 9.16. The molecule has 2 rings (SSSR count). The molecule has 1 aromatic heterocycles. The maximum Gasteiger partial charge on any atom is 0.243 e. The Kier molecular flexibility index (Phi) is 6.24. The zero-order valence-corrected chi connectivity index (χ0v) is 16.5. The van der Waals surface area contributed by atoms with Gasteiger partial charge in [0.05, 0.1) is 10.6 Å². The van der Waals surface area contributed by atoms with E-state index in [0.29, 0.717) is 24.5 Å². The summed E-state index contributed by atoms with van der Waals surface area (Å²) in [7, 11) is -1.56. The molecule has 138 valence electrons. The largest absolute Gasteiger partial charge is 0.381 e. The molecule has 0 unspecified atom stereocenters. The second-order valence-corrected chi connectivity index (χ2v) is 7.96. The number of nitrogens with one attached hydrogen (secondary N) is 1. The van der Waals surface area contributed by atoms with Gasteiger partial charge in [-0.15, -0.1) is 0 Å². The first-order chi connectivity index (χ1) is 11.8. The zero-order valence-electron chi connectivity index (χ0n) is 15.7. The molecule has 0 atom stereocenters. The zero-order chi connectivity index (χ0) is 18.6. The summed E-state index contributed by atoms with van der Waals surface area (Å²) in [6, 6.07) is 5.49. The molecule has 2 aromatic rings. The first-order valence-electron chi connectivity index (χ1n) is 8.69. The average Bonchev–Trinajstić information content (AvgIpc) is 2.94. The fourth-order valence-electron chi connectivity index (χ4n) is 2.92. The number of nitrogens with zero attached hydrogens (tertiary/aromatic N) is 3. The van der Waals surface area contributed by atoms with E-state index in [1.54, 1.807) is 10.7 Å². The van der Waals surface area contributed by atoms with E-state index in [2.05, 4.69) is 17.3 Å². The molecule has 0 aliphatic heterocycles. The number of aryl methyl sites for hydroxylation is 3. The van der Waals surface area contributed by atoms with Crippen LogP contribution in [0.2, 0.25) is 0 Å². The molecule has 0 fully saturated rings. The highest BCUT2D eigenvalue weighted by Gasteiger charge is 2.23. The van der Waals surface area contributed by atoms with Gasteiger partial charge in [0.25, 0.3) is 0 Å². The molecule has 0 aliphatic rings. The third-order valence-corrected chi connectivity index (χ3v) is 6.51. The lowest BCUT2D eigenvalue weighted by molar-refractivity contribution is 0.445. The number of hydrogen-bond donors (Lipinski definition) is 1. The molecule has 0 saturated carbocycles. The third-order valence-electron chi connectivity index (χ3n) is 4.32. The van der Waals surface area contributed by atoms with Crippen molar-refractivity contribution in [3.05, 3.63) is 41.2 Å². The van der Waals surface area contributed by atoms with Gasteiger partial charge >= 0.3 is 0 Å². The van der Waals surface area contributed by atoms with E-state index in [9.17, 15) is 8.42 Å². The smallest absolute Gasteiger partial charge is 0.243 e. The first-order valence-corrected chi connectivity index (χ1v) is 10.1. The van der Waals surface area contributed by atoms with E-state index >= 15 is 0 Å². The lowest BCUT2D eigenvalue weighted by Crippen LogP contribution is -2.31. The molecule has 0 amide bonds. The number of anilines is 1. The molecule has 25 heavy (non-hydrogen) atoms. The van der Waals surface area contributed by atoms with Crippen LogP contribution in [0.5, 0.6) is 0 Å². The summed E-state index contributed by atoms with van der Waals surface area (Å²) < 4.78 is 28.9. The quantitative estimate of drug-likeness (QED) is 0.782. The molecule has 7 heteroatoms. The van der Waals surface area contributed by atoms with Crippen molar-refractivity contribution in [3.8, 4) is 0 Å². The normalized spacial score (nSPS) is 11.9. The summed E-state index contributed by atoms with van der Waals surface area (Å²) in [4.78, 5) is 0.364. The van der Waals surface area contributed by atoms with Crippen LogP contribution in [0.15, 0.2) is 29.3 Å². The molecular formula is C18H28N4O2S.